The number of rotatable bonds is 3. The fourth-order valence-corrected chi connectivity index (χ4v) is 5.55. The highest BCUT2D eigenvalue weighted by atomic mass is 16.7. The van der Waals surface area contributed by atoms with E-state index in [0.29, 0.717) is 13.2 Å². The Morgan fingerprint density at radius 1 is 1.07 bits per heavy atom. The number of hydrogen-bond acceptors (Lipinski definition) is 6. The Bertz CT molecular complexity index is 1440. The predicted octanol–water partition coefficient (Wildman–Crippen LogP) is 6.01. The molecule has 210 valence electrons. The largest absolute Gasteiger partial charge is 0.494 e. The maximum absolute atomic E-state index is 12.8. The lowest BCUT2D eigenvalue weighted by Gasteiger charge is -2.32. The van der Waals surface area contributed by atoms with Crippen LogP contribution >= 0.6 is 0 Å². The molecule has 6 rings (SSSR count). The zero-order chi connectivity index (χ0) is 28.4. The molecule has 0 bridgehead atoms. The van der Waals surface area contributed by atoms with Gasteiger partial charge in [-0.25, -0.2) is 9.78 Å². The lowest BCUT2D eigenvalue weighted by atomic mass is 9.77. The van der Waals surface area contributed by atoms with E-state index >= 15 is 0 Å². The molecule has 3 aliphatic rings. The number of carbonyl (C=O) groups is 1. The predicted molar refractivity (Wildman–Crippen MR) is 154 cm³/mol. The van der Waals surface area contributed by atoms with Crippen LogP contribution in [-0.2, 0) is 20.7 Å². The van der Waals surface area contributed by atoms with Gasteiger partial charge in [-0.3, -0.25) is 4.90 Å². The summed E-state index contributed by atoms with van der Waals surface area (Å²) in [6.07, 6.45) is 3.30. The van der Waals surface area contributed by atoms with Crippen molar-refractivity contribution in [2.24, 2.45) is 0 Å². The Morgan fingerprint density at radius 3 is 2.52 bits per heavy atom. The van der Waals surface area contributed by atoms with Gasteiger partial charge in [0, 0.05) is 17.7 Å². The molecular weight excluding hydrogens is 505 g/mol. The van der Waals surface area contributed by atoms with Crippen LogP contribution in [-0.4, -0.2) is 51.4 Å². The molecule has 0 spiro atoms. The number of aromatic amines is 1. The van der Waals surface area contributed by atoms with Crippen molar-refractivity contribution in [3.63, 3.8) is 0 Å². The lowest BCUT2D eigenvalue weighted by molar-refractivity contribution is 0.00578. The number of fused-ring (bicyclic) bond motifs is 3. The number of likely N-dealkylation sites (tertiary alicyclic amines) is 1. The van der Waals surface area contributed by atoms with Crippen molar-refractivity contribution in [2.45, 2.75) is 90.8 Å². The molecule has 2 fully saturated rings. The topological polar surface area (TPSA) is 85.9 Å². The maximum atomic E-state index is 12.8. The summed E-state index contributed by atoms with van der Waals surface area (Å²) in [5.74, 6) is 1.61. The van der Waals surface area contributed by atoms with Crippen molar-refractivity contribution in [1.82, 2.24) is 14.9 Å². The van der Waals surface area contributed by atoms with Gasteiger partial charge in [0.05, 0.1) is 29.1 Å². The summed E-state index contributed by atoms with van der Waals surface area (Å²) >= 11 is 0. The average Bonchev–Trinajstić information content (AvgIpc) is 3.60. The van der Waals surface area contributed by atoms with Crippen LogP contribution in [0.4, 0.5) is 4.79 Å². The van der Waals surface area contributed by atoms with Gasteiger partial charge in [-0.05, 0) is 90.0 Å². The van der Waals surface area contributed by atoms with E-state index in [2.05, 4.69) is 74.1 Å². The standard InChI is InChI=1S/C31H38BN3O5/c1-29(2,3)38-28(36)35-14-8-9-25(35)27-33-17-24(34-27)19-10-12-23-22-13-11-21(15-20(22)18-37-26(23)16-19)32-39-30(4,5)31(6,7)40-32/h10-13,15-17,25H,8-9,14,18H2,1-7H3,(H,33,34)/t25-/m0/s1. The summed E-state index contributed by atoms with van der Waals surface area (Å²) in [6, 6.07) is 12.5. The second kappa shape index (κ2) is 9.38. The first-order chi connectivity index (χ1) is 18.8. The molecule has 0 unspecified atom stereocenters. The Morgan fingerprint density at radius 2 is 1.80 bits per heavy atom. The van der Waals surface area contributed by atoms with Gasteiger partial charge in [0.25, 0.3) is 0 Å². The smallest absolute Gasteiger partial charge is 0.488 e. The van der Waals surface area contributed by atoms with Crippen LogP contribution in [0.15, 0.2) is 42.6 Å². The van der Waals surface area contributed by atoms with Crippen molar-refractivity contribution in [2.75, 3.05) is 6.54 Å². The van der Waals surface area contributed by atoms with Crippen LogP contribution in [0.3, 0.4) is 0 Å². The number of aromatic nitrogens is 2. The monoisotopic (exact) mass is 543 g/mol. The molecule has 3 aliphatic heterocycles. The molecule has 0 saturated carbocycles. The minimum atomic E-state index is -0.534. The molecule has 1 amide bonds. The Labute approximate surface area is 236 Å². The van der Waals surface area contributed by atoms with Gasteiger partial charge in [-0.15, -0.1) is 0 Å². The molecule has 8 nitrogen and oxygen atoms in total. The minimum absolute atomic E-state index is 0.123. The second-order valence-corrected chi connectivity index (χ2v) is 13.0. The molecule has 1 atom stereocenters. The van der Waals surface area contributed by atoms with Gasteiger partial charge in [-0.2, -0.15) is 0 Å². The highest BCUT2D eigenvalue weighted by molar-refractivity contribution is 6.62. The zero-order valence-electron chi connectivity index (χ0n) is 24.5. The quantitative estimate of drug-likeness (QED) is 0.408. The van der Waals surface area contributed by atoms with Crippen LogP contribution in [0.1, 0.15) is 78.7 Å². The SMILES string of the molecule is CC(C)(C)OC(=O)N1CCC[C@H]1c1ncc(-c2ccc3c(c2)OCc2cc(B4OC(C)(C)C(C)(C)O4)ccc2-3)[nH]1. The van der Waals surface area contributed by atoms with E-state index in [1.807, 2.05) is 27.0 Å². The third kappa shape index (κ3) is 4.79. The molecule has 0 radical (unpaired) electrons. The van der Waals surface area contributed by atoms with E-state index in [1.165, 1.54) is 0 Å². The molecule has 1 N–H and O–H groups in total. The highest BCUT2D eigenvalue weighted by Gasteiger charge is 2.51. The number of nitrogens with one attached hydrogen (secondary N) is 1. The number of H-pyrrole nitrogens is 1. The highest BCUT2D eigenvalue weighted by Crippen LogP contribution is 2.41. The van der Waals surface area contributed by atoms with E-state index in [0.717, 1.165) is 57.8 Å². The van der Waals surface area contributed by atoms with E-state index in [9.17, 15) is 4.79 Å². The van der Waals surface area contributed by atoms with E-state index < -0.39 is 12.7 Å². The van der Waals surface area contributed by atoms with Gasteiger partial charge >= 0.3 is 13.2 Å². The van der Waals surface area contributed by atoms with Crippen LogP contribution in [0.2, 0.25) is 0 Å². The second-order valence-electron chi connectivity index (χ2n) is 13.0. The summed E-state index contributed by atoms with van der Waals surface area (Å²) in [6.45, 7) is 15.1. The average molecular weight is 543 g/mol. The zero-order valence-corrected chi connectivity index (χ0v) is 24.5. The number of amides is 1. The summed E-state index contributed by atoms with van der Waals surface area (Å²) in [7, 11) is -0.403. The number of carbonyl (C=O) groups excluding carboxylic acids is 1. The summed E-state index contributed by atoms with van der Waals surface area (Å²) in [4.78, 5) is 22.6. The van der Waals surface area contributed by atoms with E-state index in [1.54, 1.807) is 4.90 Å². The number of benzene rings is 2. The first-order valence-corrected chi connectivity index (χ1v) is 14.1. The van der Waals surface area contributed by atoms with Crippen LogP contribution in [0, 0.1) is 0 Å². The van der Waals surface area contributed by atoms with Crippen molar-refractivity contribution in [3.05, 3.63) is 54.0 Å². The number of nitrogens with zero attached hydrogens (tertiary/aromatic N) is 2. The maximum Gasteiger partial charge on any atom is 0.494 e. The Hall–Kier alpha value is -3.30. The van der Waals surface area contributed by atoms with Gasteiger partial charge in [0.1, 0.15) is 23.8 Å². The van der Waals surface area contributed by atoms with Gasteiger partial charge in [0.15, 0.2) is 0 Å². The molecule has 4 heterocycles. The van der Waals surface area contributed by atoms with Crippen LogP contribution in [0.25, 0.3) is 22.4 Å². The molecule has 0 aliphatic carbocycles. The molecule has 2 saturated heterocycles. The number of hydrogen-bond donors (Lipinski definition) is 1. The third-order valence-corrected chi connectivity index (χ3v) is 8.41. The summed E-state index contributed by atoms with van der Waals surface area (Å²) in [5, 5.41) is 0. The first-order valence-electron chi connectivity index (χ1n) is 14.1. The van der Waals surface area contributed by atoms with Crippen molar-refractivity contribution in [1.29, 1.82) is 0 Å². The molecule has 9 heteroatoms. The fraction of sp³-hybridized carbons (Fsp3) is 0.484. The van der Waals surface area contributed by atoms with E-state index in [-0.39, 0.29) is 23.3 Å². The molecule has 1 aromatic heterocycles. The van der Waals surface area contributed by atoms with E-state index in [4.69, 9.17) is 18.8 Å². The van der Waals surface area contributed by atoms with Crippen molar-refractivity contribution in [3.8, 4) is 28.1 Å². The van der Waals surface area contributed by atoms with Gasteiger partial charge in [0.2, 0.25) is 0 Å². The van der Waals surface area contributed by atoms with Gasteiger partial charge < -0.3 is 23.8 Å². The van der Waals surface area contributed by atoms with Crippen molar-refractivity contribution < 1.29 is 23.6 Å². The number of ether oxygens (including phenoxy) is 2. The van der Waals surface area contributed by atoms with Crippen molar-refractivity contribution >= 4 is 18.7 Å². The third-order valence-electron chi connectivity index (χ3n) is 8.41. The first kappa shape index (κ1) is 26.9. The molecule has 2 aromatic carbocycles. The number of imidazole rings is 1. The normalized spacial score (nSPS) is 21.1. The molecular formula is C31H38BN3O5. The lowest BCUT2D eigenvalue weighted by Crippen LogP contribution is -2.41. The van der Waals surface area contributed by atoms with Crippen LogP contribution < -0.4 is 10.2 Å². The Kier molecular flexibility index (Phi) is 6.31. The molecule has 40 heavy (non-hydrogen) atoms. The fourth-order valence-electron chi connectivity index (χ4n) is 5.55. The Balaban J connectivity index is 1.21. The molecule has 3 aromatic rings. The summed E-state index contributed by atoms with van der Waals surface area (Å²) in [5.41, 5.74) is 4.88. The minimum Gasteiger partial charge on any atom is -0.488 e. The summed E-state index contributed by atoms with van der Waals surface area (Å²) < 4.78 is 24.4. The van der Waals surface area contributed by atoms with Crippen LogP contribution in [0.5, 0.6) is 5.75 Å². The van der Waals surface area contributed by atoms with Gasteiger partial charge in [-0.1, -0.05) is 24.3 Å².